The third-order valence-electron chi connectivity index (χ3n) is 2.69. The fraction of sp³-hybridized carbons (Fsp3) is 0.286. The van der Waals surface area contributed by atoms with Crippen molar-refractivity contribution in [3.05, 3.63) is 41.0 Å². The van der Waals surface area contributed by atoms with Crippen molar-refractivity contribution in [3.63, 3.8) is 0 Å². The van der Waals surface area contributed by atoms with Crippen molar-refractivity contribution < 1.29 is 4.74 Å². The molecule has 106 valence electrons. The van der Waals surface area contributed by atoms with E-state index >= 15 is 0 Å². The molecular weight excluding hydrogens is 276 g/mol. The molecule has 1 aromatic heterocycles. The van der Waals surface area contributed by atoms with Crippen LogP contribution in [0.15, 0.2) is 30.3 Å². The lowest BCUT2D eigenvalue weighted by Gasteiger charge is -2.11. The van der Waals surface area contributed by atoms with Crippen molar-refractivity contribution in [1.29, 1.82) is 0 Å². The topological polar surface area (TPSA) is 73.1 Å². The summed E-state index contributed by atoms with van der Waals surface area (Å²) in [5, 5.41) is 3.50. The number of nitrogens with one attached hydrogen (secondary N) is 1. The predicted molar refractivity (Wildman–Crippen MR) is 81.3 cm³/mol. The molecule has 0 aliphatic heterocycles. The molecular formula is C14H17ClN4O. The number of anilines is 2. The van der Waals surface area contributed by atoms with Gasteiger partial charge in [0.25, 0.3) is 0 Å². The van der Waals surface area contributed by atoms with Crippen LogP contribution in [0, 0.1) is 0 Å². The van der Waals surface area contributed by atoms with Gasteiger partial charge in [-0.15, -0.1) is 0 Å². The Morgan fingerprint density at radius 2 is 2.10 bits per heavy atom. The Bertz CT molecular complexity index is 557. The molecule has 5 nitrogen and oxygen atoms in total. The minimum absolute atomic E-state index is 0.162. The predicted octanol–water partition coefficient (Wildman–Crippen LogP) is 2.77. The van der Waals surface area contributed by atoms with Crippen LogP contribution in [0.3, 0.4) is 0 Å². The number of nitrogens with two attached hydrogens (primary N) is 1. The average molecular weight is 293 g/mol. The molecule has 0 unspecified atom stereocenters. The van der Waals surface area contributed by atoms with Gasteiger partial charge in [0.05, 0.1) is 6.61 Å². The van der Waals surface area contributed by atoms with E-state index in [1.807, 2.05) is 31.2 Å². The molecule has 0 bridgehead atoms. The Kier molecular flexibility index (Phi) is 5.01. The highest BCUT2D eigenvalue weighted by Crippen LogP contribution is 2.19. The lowest BCUT2D eigenvalue weighted by atomic mass is 10.1. The molecule has 0 aliphatic carbocycles. The maximum Gasteiger partial charge on any atom is 0.223 e. The first-order chi connectivity index (χ1) is 9.69. The van der Waals surface area contributed by atoms with Crippen LogP contribution in [0.4, 0.5) is 11.8 Å². The molecule has 0 saturated carbocycles. The van der Waals surface area contributed by atoms with Crippen molar-refractivity contribution >= 4 is 23.4 Å². The highest BCUT2D eigenvalue weighted by Gasteiger charge is 2.03. The molecule has 1 aromatic carbocycles. The van der Waals surface area contributed by atoms with E-state index in [0.717, 1.165) is 17.7 Å². The monoisotopic (exact) mass is 292 g/mol. The summed E-state index contributed by atoms with van der Waals surface area (Å²) < 4.78 is 5.58. The summed E-state index contributed by atoms with van der Waals surface area (Å²) in [5.41, 5.74) is 6.69. The second-order valence-corrected chi connectivity index (χ2v) is 4.54. The number of ether oxygens (including phenoxy) is 1. The summed E-state index contributed by atoms with van der Waals surface area (Å²) in [4.78, 5) is 7.87. The van der Waals surface area contributed by atoms with Crippen LogP contribution in [0.25, 0.3) is 0 Å². The van der Waals surface area contributed by atoms with E-state index in [1.165, 1.54) is 0 Å². The van der Waals surface area contributed by atoms with Crippen LogP contribution in [-0.4, -0.2) is 23.1 Å². The maximum atomic E-state index is 5.82. The molecule has 0 fully saturated rings. The van der Waals surface area contributed by atoms with Crippen LogP contribution in [-0.2, 0) is 6.42 Å². The van der Waals surface area contributed by atoms with Gasteiger partial charge in [0.1, 0.15) is 16.7 Å². The third kappa shape index (κ3) is 3.99. The smallest absolute Gasteiger partial charge is 0.223 e. The zero-order chi connectivity index (χ0) is 14.4. The number of nitrogen functional groups attached to an aromatic ring is 1. The molecule has 3 N–H and O–H groups in total. The number of hydrogen-bond acceptors (Lipinski definition) is 5. The normalized spacial score (nSPS) is 10.3. The Morgan fingerprint density at radius 1 is 1.30 bits per heavy atom. The van der Waals surface area contributed by atoms with E-state index in [-0.39, 0.29) is 5.95 Å². The van der Waals surface area contributed by atoms with Crippen LogP contribution < -0.4 is 15.8 Å². The van der Waals surface area contributed by atoms with Gasteiger partial charge in [-0.25, -0.2) is 4.98 Å². The van der Waals surface area contributed by atoms with Crippen molar-refractivity contribution in [2.75, 3.05) is 24.2 Å². The number of rotatable bonds is 6. The first-order valence-corrected chi connectivity index (χ1v) is 6.81. The number of para-hydroxylation sites is 1. The lowest BCUT2D eigenvalue weighted by molar-refractivity contribution is 0.336. The maximum absolute atomic E-state index is 5.82. The van der Waals surface area contributed by atoms with E-state index in [4.69, 9.17) is 22.1 Å². The SMILES string of the molecule is CCOc1ccccc1CCNc1cc(Cl)nc(N)n1. The van der Waals surface area contributed by atoms with Gasteiger partial charge >= 0.3 is 0 Å². The zero-order valence-corrected chi connectivity index (χ0v) is 12.0. The minimum atomic E-state index is 0.162. The molecule has 2 rings (SSSR count). The lowest BCUT2D eigenvalue weighted by Crippen LogP contribution is -2.09. The Hall–Kier alpha value is -2.01. The number of hydrogen-bond donors (Lipinski definition) is 2. The molecule has 6 heteroatoms. The Labute approximate surface area is 123 Å². The van der Waals surface area contributed by atoms with Crippen molar-refractivity contribution in [2.24, 2.45) is 0 Å². The molecule has 20 heavy (non-hydrogen) atoms. The van der Waals surface area contributed by atoms with E-state index in [1.54, 1.807) is 6.07 Å². The molecule has 1 heterocycles. The first-order valence-electron chi connectivity index (χ1n) is 6.43. The number of aromatic nitrogens is 2. The number of nitrogens with zero attached hydrogens (tertiary/aromatic N) is 2. The highest BCUT2D eigenvalue weighted by molar-refractivity contribution is 6.29. The molecule has 0 amide bonds. The number of halogens is 1. The van der Waals surface area contributed by atoms with Crippen molar-refractivity contribution in [2.45, 2.75) is 13.3 Å². The second kappa shape index (κ2) is 6.96. The summed E-state index contributed by atoms with van der Waals surface area (Å²) in [5.74, 6) is 1.70. The van der Waals surface area contributed by atoms with Crippen LogP contribution in [0.5, 0.6) is 5.75 Å². The summed E-state index contributed by atoms with van der Waals surface area (Å²) in [6.45, 7) is 3.33. The summed E-state index contributed by atoms with van der Waals surface area (Å²) in [6.07, 6.45) is 0.817. The van der Waals surface area contributed by atoms with E-state index in [9.17, 15) is 0 Å². The zero-order valence-electron chi connectivity index (χ0n) is 11.3. The summed E-state index contributed by atoms with van der Waals surface area (Å²) in [6, 6.07) is 9.63. The van der Waals surface area contributed by atoms with E-state index < -0.39 is 0 Å². The fourth-order valence-corrected chi connectivity index (χ4v) is 2.05. The standard InChI is InChI=1S/C14H17ClN4O/c1-2-20-11-6-4-3-5-10(11)7-8-17-13-9-12(15)18-14(16)19-13/h3-6,9H,2,7-8H2,1H3,(H3,16,17,18,19). The molecule has 2 aromatic rings. The van der Waals surface area contributed by atoms with Gasteiger partial charge in [-0.3, -0.25) is 0 Å². The van der Waals surface area contributed by atoms with Crippen LogP contribution in [0.1, 0.15) is 12.5 Å². The Morgan fingerprint density at radius 3 is 2.85 bits per heavy atom. The van der Waals surface area contributed by atoms with Gasteiger partial charge in [-0.2, -0.15) is 4.98 Å². The largest absolute Gasteiger partial charge is 0.494 e. The fourth-order valence-electron chi connectivity index (χ4n) is 1.86. The molecule has 0 radical (unpaired) electrons. The van der Waals surface area contributed by atoms with E-state index in [0.29, 0.717) is 24.1 Å². The molecule has 0 saturated heterocycles. The molecule has 0 spiro atoms. The third-order valence-corrected chi connectivity index (χ3v) is 2.88. The first kappa shape index (κ1) is 14.4. The quantitative estimate of drug-likeness (QED) is 0.801. The van der Waals surface area contributed by atoms with Gasteiger partial charge in [0.15, 0.2) is 0 Å². The number of benzene rings is 1. The summed E-state index contributed by atoms with van der Waals surface area (Å²) in [7, 11) is 0. The highest BCUT2D eigenvalue weighted by atomic mass is 35.5. The molecule has 0 atom stereocenters. The van der Waals surface area contributed by atoms with Crippen molar-refractivity contribution in [1.82, 2.24) is 9.97 Å². The van der Waals surface area contributed by atoms with Gasteiger partial charge < -0.3 is 15.8 Å². The summed E-state index contributed by atoms with van der Waals surface area (Å²) >= 11 is 5.82. The second-order valence-electron chi connectivity index (χ2n) is 4.15. The van der Waals surface area contributed by atoms with Gasteiger partial charge in [0.2, 0.25) is 5.95 Å². The van der Waals surface area contributed by atoms with Crippen LogP contribution in [0.2, 0.25) is 5.15 Å². The average Bonchev–Trinajstić information content (AvgIpc) is 2.40. The van der Waals surface area contributed by atoms with Crippen LogP contribution >= 0.6 is 11.6 Å². The minimum Gasteiger partial charge on any atom is -0.494 e. The van der Waals surface area contributed by atoms with E-state index in [2.05, 4.69) is 15.3 Å². The Balaban J connectivity index is 1.95. The van der Waals surface area contributed by atoms with Crippen molar-refractivity contribution in [3.8, 4) is 5.75 Å². The van der Waals surface area contributed by atoms with Gasteiger partial charge in [-0.1, -0.05) is 29.8 Å². The van der Waals surface area contributed by atoms with Gasteiger partial charge in [0, 0.05) is 12.6 Å². The van der Waals surface area contributed by atoms with Gasteiger partial charge in [-0.05, 0) is 25.0 Å². The molecule has 0 aliphatic rings.